The van der Waals surface area contributed by atoms with E-state index in [1.165, 1.54) is 11.6 Å². The average molecular weight is 1070 g/mol. The molecule has 0 amide bonds. The van der Waals surface area contributed by atoms with E-state index in [-0.39, 0.29) is 22.3 Å². The van der Waals surface area contributed by atoms with Crippen molar-refractivity contribution in [2.75, 3.05) is 50.9 Å². The molecule has 2 aliphatic heterocycles. The van der Waals surface area contributed by atoms with E-state index in [1.807, 2.05) is 84.5 Å². The standard InChI is InChI=1S/C30H37N7O2.C21H27N7.C8H11NO3/c1-20-16-22(7-6-21(20)8-9-27(38)26-17-28(39-35-26)30(2,3)4)25-10-13-31-29(34-25)33-23-18-32-37(19-23)24-11-14-36(5)15-12-24;1-15-11-16(3-4-17(15)12-22)20-5-8-23-21(26-20)25-18-13-24-28(14-18)19-6-9-27(2)10-7-19;1-8(2,3)6-4-5(7(10)11)9-12-6/h6-7,10,13,16-19,24H,8-9,11-12,14-15H2,1-5H3,(H,31,33,34);3-5,8,11,13-14,19H,6-7,9-10,12,22H2,1-2H3,(H,23,25,26);4H,1-3H3,(H,10,11). The van der Waals surface area contributed by atoms with Crippen molar-refractivity contribution in [1.82, 2.24) is 59.6 Å². The predicted octanol–water partition coefficient (Wildman–Crippen LogP) is 10.5. The lowest BCUT2D eigenvalue weighted by molar-refractivity contribution is 0.0685. The monoisotopic (exact) mass is 1070 g/mol. The third-order valence-electron chi connectivity index (χ3n) is 14.3. The summed E-state index contributed by atoms with van der Waals surface area (Å²) >= 11 is 0. The number of carbonyl (C=O) groups is 2. The van der Waals surface area contributed by atoms with Crippen LogP contribution in [-0.2, 0) is 23.8 Å². The van der Waals surface area contributed by atoms with Crippen molar-refractivity contribution in [3.8, 4) is 22.5 Å². The van der Waals surface area contributed by atoms with Gasteiger partial charge in [0, 0.05) is 71.8 Å². The minimum absolute atomic E-state index is 0.0108. The molecule has 20 heteroatoms. The van der Waals surface area contributed by atoms with E-state index in [4.69, 9.17) is 24.9 Å². The van der Waals surface area contributed by atoms with Crippen LogP contribution in [0.4, 0.5) is 23.3 Å². The molecule has 20 nitrogen and oxygen atoms in total. The van der Waals surface area contributed by atoms with E-state index in [2.05, 4.69) is 124 Å². The van der Waals surface area contributed by atoms with Crippen LogP contribution in [0.2, 0.25) is 0 Å². The van der Waals surface area contributed by atoms with Gasteiger partial charge >= 0.3 is 5.97 Å². The normalized spacial score (nSPS) is 14.7. The first-order valence-electron chi connectivity index (χ1n) is 27.0. The average Bonchev–Trinajstić information content (AvgIpc) is 4.28. The largest absolute Gasteiger partial charge is 0.476 e. The lowest BCUT2D eigenvalue weighted by Gasteiger charge is -2.28. The topological polar surface area (TPSA) is 250 Å². The zero-order chi connectivity index (χ0) is 56.4. The lowest BCUT2D eigenvalue weighted by Crippen LogP contribution is -2.31. The number of piperidine rings is 2. The number of aromatic carboxylic acids is 1. The summed E-state index contributed by atoms with van der Waals surface area (Å²) in [5.41, 5.74) is 15.9. The summed E-state index contributed by atoms with van der Waals surface area (Å²) in [6.07, 6.45) is 16.8. The summed E-state index contributed by atoms with van der Waals surface area (Å²) in [4.78, 5) is 46.0. The van der Waals surface area contributed by atoms with Gasteiger partial charge in [-0.2, -0.15) is 10.2 Å². The third-order valence-corrected chi connectivity index (χ3v) is 14.3. The summed E-state index contributed by atoms with van der Waals surface area (Å²) < 4.78 is 14.4. The lowest BCUT2D eigenvalue weighted by atomic mass is 9.92. The Labute approximate surface area is 462 Å². The first-order valence-corrected chi connectivity index (χ1v) is 27.0. The van der Waals surface area contributed by atoms with Gasteiger partial charge in [-0.15, -0.1) is 0 Å². The molecular weight excluding hydrogens is 999 g/mol. The van der Waals surface area contributed by atoms with Crippen molar-refractivity contribution in [3.63, 3.8) is 0 Å². The van der Waals surface area contributed by atoms with Gasteiger partial charge in [-0.1, -0.05) is 76.1 Å². The molecule has 0 aliphatic carbocycles. The number of rotatable bonds is 14. The maximum absolute atomic E-state index is 12.7. The summed E-state index contributed by atoms with van der Waals surface area (Å²) in [5, 5.41) is 31.6. The molecule has 0 unspecified atom stereocenters. The zero-order valence-electron chi connectivity index (χ0n) is 47.2. The Morgan fingerprint density at radius 2 is 1.09 bits per heavy atom. The van der Waals surface area contributed by atoms with Crippen molar-refractivity contribution < 1.29 is 23.7 Å². The highest BCUT2D eigenvalue weighted by Crippen LogP contribution is 2.29. The first kappa shape index (κ1) is 57.2. The van der Waals surface area contributed by atoms with Gasteiger partial charge in [-0.3, -0.25) is 14.2 Å². The van der Waals surface area contributed by atoms with Gasteiger partial charge in [0.2, 0.25) is 11.9 Å². The molecule has 0 atom stereocenters. The second kappa shape index (κ2) is 25.2. The molecule has 6 aromatic heterocycles. The van der Waals surface area contributed by atoms with Crippen molar-refractivity contribution in [1.29, 1.82) is 0 Å². The van der Waals surface area contributed by atoms with Crippen LogP contribution >= 0.6 is 0 Å². The predicted molar refractivity (Wildman–Crippen MR) is 305 cm³/mol. The van der Waals surface area contributed by atoms with Crippen LogP contribution in [-0.4, -0.2) is 117 Å². The van der Waals surface area contributed by atoms with E-state index in [0.717, 1.165) is 108 Å². The minimum atomic E-state index is -1.06. The Kier molecular flexibility index (Phi) is 18.3. The number of likely N-dealkylation sites (tertiary alicyclic amines) is 2. The Hall–Kier alpha value is -7.94. The number of nitrogens with one attached hydrogen (secondary N) is 2. The number of ketones is 1. The maximum atomic E-state index is 12.7. The number of hydrogen-bond acceptors (Lipinski definition) is 17. The molecule has 2 aliphatic rings. The van der Waals surface area contributed by atoms with Gasteiger partial charge in [0.05, 0.1) is 47.2 Å². The van der Waals surface area contributed by atoms with E-state index in [9.17, 15) is 9.59 Å². The van der Waals surface area contributed by atoms with E-state index in [0.29, 0.717) is 54.8 Å². The minimum Gasteiger partial charge on any atom is -0.476 e. The van der Waals surface area contributed by atoms with Crippen LogP contribution in [0, 0.1) is 13.8 Å². The number of Topliss-reactive ketones (excluding diaryl/α,β-unsaturated/α-hetero) is 1. The fraction of sp³-hybridized carbons (Fsp3) is 0.424. The number of nitrogens with zero attached hydrogens (tertiary/aromatic N) is 12. The molecular formula is C59H75N15O5. The SMILES string of the molecule is CC(C)(C)c1cc(C(=O)O)no1.Cc1cc(-c2ccnc(Nc3cnn(C4CCN(C)CC4)c3)n2)ccc1CCC(=O)c1cc(C(C)(C)C)on1.Cc1cc(-c2ccnc(Nc3cnn(C4CCN(C)CC4)c3)n2)ccc1CN. The Morgan fingerprint density at radius 1 is 0.646 bits per heavy atom. The Morgan fingerprint density at radius 3 is 1.49 bits per heavy atom. The number of carboxylic acid groups (broad SMARTS) is 1. The Balaban J connectivity index is 0.000000178. The molecule has 0 radical (unpaired) electrons. The van der Waals surface area contributed by atoms with Gasteiger partial charge in [0.15, 0.2) is 11.5 Å². The number of anilines is 4. The van der Waals surface area contributed by atoms with Crippen LogP contribution < -0.4 is 16.4 Å². The maximum Gasteiger partial charge on any atom is 0.358 e. The highest BCUT2D eigenvalue weighted by molar-refractivity contribution is 5.94. The van der Waals surface area contributed by atoms with Crippen molar-refractivity contribution >= 4 is 35.0 Å². The van der Waals surface area contributed by atoms with Gasteiger partial charge in [-0.05, 0) is 133 Å². The zero-order valence-corrected chi connectivity index (χ0v) is 47.2. The molecule has 0 spiro atoms. The summed E-state index contributed by atoms with van der Waals surface area (Å²) in [6, 6.07) is 20.4. The molecule has 0 bridgehead atoms. The van der Waals surface area contributed by atoms with Crippen LogP contribution in [0.1, 0.15) is 140 Å². The fourth-order valence-electron chi connectivity index (χ4n) is 9.23. The van der Waals surface area contributed by atoms with Crippen LogP contribution in [0.3, 0.4) is 0 Å². The summed E-state index contributed by atoms with van der Waals surface area (Å²) in [5.74, 6) is 1.33. The van der Waals surface area contributed by atoms with Gasteiger partial charge < -0.3 is 40.3 Å². The second-order valence-corrected chi connectivity index (χ2v) is 22.6. The second-order valence-electron chi connectivity index (χ2n) is 22.6. The number of carboxylic acids is 1. The molecule has 2 saturated heterocycles. The van der Waals surface area contributed by atoms with Crippen molar-refractivity contribution in [2.45, 2.75) is 123 Å². The number of carbonyl (C=O) groups excluding carboxylic acids is 1. The molecule has 8 heterocycles. The molecule has 2 fully saturated rings. The highest BCUT2D eigenvalue weighted by atomic mass is 16.5. The van der Waals surface area contributed by atoms with Gasteiger partial charge in [0.25, 0.3) is 0 Å². The molecule has 2 aromatic carbocycles. The van der Waals surface area contributed by atoms with E-state index < -0.39 is 5.97 Å². The number of hydrogen-bond donors (Lipinski definition) is 4. The fourth-order valence-corrected chi connectivity index (χ4v) is 9.23. The molecule has 79 heavy (non-hydrogen) atoms. The smallest absolute Gasteiger partial charge is 0.358 e. The molecule has 5 N–H and O–H groups in total. The van der Waals surface area contributed by atoms with Crippen LogP contribution in [0.15, 0.2) is 107 Å². The first-order chi connectivity index (χ1) is 37.7. The molecule has 0 saturated carbocycles. The molecule has 416 valence electrons. The number of aryl methyl sites for hydroxylation is 3. The van der Waals surface area contributed by atoms with Crippen molar-refractivity contribution in [3.05, 3.63) is 143 Å². The highest BCUT2D eigenvalue weighted by Gasteiger charge is 2.24. The van der Waals surface area contributed by atoms with Crippen molar-refractivity contribution in [2.24, 2.45) is 5.73 Å². The third kappa shape index (κ3) is 15.4. The molecule has 8 aromatic rings. The Bertz CT molecular complexity index is 3310. The number of nitrogens with two attached hydrogens (primary N) is 1. The quantitative estimate of drug-likeness (QED) is 0.0739. The van der Waals surface area contributed by atoms with Gasteiger partial charge in [-0.25, -0.2) is 24.7 Å². The van der Waals surface area contributed by atoms with Gasteiger partial charge in [0.1, 0.15) is 17.2 Å². The van der Waals surface area contributed by atoms with E-state index >= 15 is 0 Å². The van der Waals surface area contributed by atoms with Crippen LogP contribution in [0.25, 0.3) is 22.5 Å². The van der Waals surface area contributed by atoms with Crippen LogP contribution in [0.5, 0.6) is 0 Å². The molecule has 10 rings (SSSR count). The summed E-state index contributed by atoms with van der Waals surface area (Å²) in [7, 11) is 4.33. The van der Waals surface area contributed by atoms with E-state index in [1.54, 1.807) is 18.5 Å². The summed E-state index contributed by atoms with van der Waals surface area (Å²) in [6.45, 7) is 21.0. The number of aromatic nitrogens is 10. The number of benzene rings is 2.